The van der Waals surface area contributed by atoms with Gasteiger partial charge in [0.25, 0.3) is 0 Å². The number of hydrogen-bond donors (Lipinski definition) is 1. The van der Waals surface area contributed by atoms with Gasteiger partial charge in [-0.05, 0) is 48.9 Å². The highest BCUT2D eigenvalue weighted by atomic mass is 35.5. The molecule has 1 saturated carbocycles. The summed E-state index contributed by atoms with van der Waals surface area (Å²) in [4.78, 5) is 0. The zero-order chi connectivity index (χ0) is 14.9. The minimum absolute atomic E-state index is 0. The highest BCUT2D eigenvalue weighted by Crippen LogP contribution is 2.44. The largest absolute Gasteiger partial charge is 0.493 e. The molecule has 1 aliphatic heterocycles. The Balaban J connectivity index is 0.00000176. The van der Waals surface area contributed by atoms with Gasteiger partial charge in [0.1, 0.15) is 0 Å². The maximum Gasteiger partial charge on any atom is 0.161 e. The van der Waals surface area contributed by atoms with Gasteiger partial charge in [0.15, 0.2) is 11.5 Å². The monoisotopic (exact) mass is 323 g/mol. The van der Waals surface area contributed by atoms with E-state index >= 15 is 0 Å². The van der Waals surface area contributed by atoms with Gasteiger partial charge < -0.3 is 14.8 Å². The van der Waals surface area contributed by atoms with Crippen molar-refractivity contribution in [3.8, 4) is 11.5 Å². The summed E-state index contributed by atoms with van der Waals surface area (Å²) in [5, 5.41) is 3.91. The first-order valence-electron chi connectivity index (χ1n) is 7.85. The SMILES string of the molecule is C=CCC1NC2(CCCC2)Cc2cc(OC)c(OC)cc21.Cl. The molecular weight excluding hydrogens is 298 g/mol. The summed E-state index contributed by atoms with van der Waals surface area (Å²) >= 11 is 0. The minimum atomic E-state index is 0. The summed E-state index contributed by atoms with van der Waals surface area (Å²) < 4.78 is 11.0. The first-order valence-corrected chi connectivity index (χ1v) is 7.85. The van der Waals surface area contributed by atoms with Crippen LogP contribution in [0.1, 0.15) is 49.3 Å². The number of fused-ring (bicyclic) bond motifs is 1. The maximum absolute atomic E-state index is 5.48. The Kier molecular flexibility index (Phi) is 5.41. The second kappa shape index (κ2) is 6.93. The van der Waals surface area contributed by atoms with Crippen molar-refractivity contribution in [3.05, 3.63) is 35.9 Å². The molecule has 1 aromatic rings. The molecule has 3 nitrogen and oxygen atoms in total. The van der Waals surface area contributed by atoms with Gasteiger partial charge in [-0.3, -0.25) is 0 Å². The van der Waals surface area contributed by atoms with Gasteiger partial charge in [-0.15, -0.1) is 19.0 Å². The zero-order valence-electron chi connectivity index (χ0n) is 13.5. The van der Waals surface area contributed by atoms with Crippen LogP contribution >= 0.6 is 12.4 Å². The molecule has 1 spiro atoms. The lowest BCUT2D eigenvalue weighted by Gasteiger charge is -2.41. The van der Waals surface area contributed by atoms with Crippen molar-refractivity contribution < 1.29 is 9.47 Å². The average molecular weight is 324 g/mol. The molecule has 1 heterocycles. The van der Waals surface area contributed by atoms with Crippen molar-refractivity contribution in [2.45, 2.75) is 50.1 Å². The molecule has 1 atom stereocenters. The summed E-state index contributed by atoms with van der Waals surface area (Å²) in [6.07, 6.45) is 9.25. The molecule has 1 N–H and O–H groups in total. The van der Waals surface area contributed by atoms with Crippen LogP contribution in [0, 0.1) is 0 Å². The van der Waals surface area contributed by atoms with E-state index < -0.39 is 0 Å². The van der Waals surface area contributed by atoms with Crippen LogP contribution in [0.4, 0.5) is 0 Å². The second-order valence-electron chi connectivity index (χ2n) is 6.29. The first-order chi connectivity index (χ1) is 10.2. The summed E-state index contributed by atoms with van der Waals surface area (Å²) in [7, 11) is 3.40. The topological polar surface area (TPSA) is 30.5 Å². The Morgan fingerprint density at radius 2 is 1.86 bits per heavy atom. The smallest absolute Gasteiger partial charge is 0.161 e. The predicted molar refractivity (Wildman–Crippen MR) is 92.4 cm³/mol. The minimum Gasteiger partial charge on any atom is -0.493 e. The molecule has 2 aliphatic rings. The van der Waals surface area contributed by atoms with Gasteiger partial charge >= 0.3 is 0 Å². The average Bonchev–Trinajstić information content (AvgIpc) is 2.94. The van der Waals surface area contributed by atoms with Crippen LogP contribution in [-0.4, -0.2) is 19.8 Å². The van der Waals surface area contributed by atoms with Gasteiger partial charge in [0.05, 0.1) is 14.2 Å². The molecule has 1 unspecified atom stereocenters. The highest BCUT2D eigenvalue weighted by Gasteiger charge is 2.40. The standard InChI is InChI=1S/C18H25NO2.ClH/c1-4-7-15-14-11-17(21-3)16(20-2)10-13(14)12-18(19-15)8-5-6-9-18;/h4,10-11,15,19H,1,5-9,12H2,2-3H3;1H. The highest BCUT2D eigenvalue weighted by molar-refractivity contribution is 5.85. The van der Waals surface area contributed by atoms with Crippen molar-refractivity contribution in [1.29, 1.82) is 0 Å². The summed E-state index contributed by atoms with van der Waals surface area (Å²) in [5.41, 5.74) is 3.02. The van der Waals surface area contributed by atoms with Gasteiger partial charge in [-0.1, -0.05) is 18.9 Å². The van der Waals surface area contributed by atoms with Crippen LogP contribution in [0.5, 0.6) is 11.5 Å². The Morgan fingerprint density at radius 3 is 2.45 bits per heavy atom. The van der Waals surface area contributed by atoms with E-state index in [-0.39, 0.29) is 17.9 Å². The number of hydrogen-bond acceptors (Lipinski definition) is 3. The third-order valence-electron chi connectivity index (χ3n) is 4.99. The van der Waals surface area contributed by atoms with E-state index in [2.05, 4.69) is 24.0 Å². The lowest BCUT2D eigenvalue weighted by molar-refractivity contribution is 0.265. The molecule has 22 heavy (non-hydrogen) atoms. The second-order valence-corrected chi connectivity index (χ2v) is 6.29. The molecular formula is C18H26ClNO2. The van der Waals surface area contributed by atoms with Crippen LogP contribution in [0.15, 0.2) is 24.8 Å². The fourth-order valence-electron chi connectivity index (χ4n) is 4.00. The predicted octanol–water partition coefficient (Wildman–Crippen LogP) is 4.20. The molecule has 0 bridgehead atoms. The van der Waals surface area contributed by atoms with Crippen LogP contribution in [0.2, 0.25) is 0 Å². The van der Waals surface area contributed by atoms with Crippen molar-refractivity contribution in [2.24, 2.45) is 0 Å². The number of benzene rings is 1. The van der Waals surface area contributed by atoms with Crippen LogP contribution in [-0.2, 0) is 6.42 Å². The van der Waals surface area contributed by atoms with Gasteiger partial charge in [0.2, 0.25) is 0 Å². The Hall–Kier alpha value is -1.19. The lowest BCUT2D eigenvalue weighted by Crippen LogP contribution is -2.50. The van der Waals surface area contributed by atoms with Gasteiger partial charge in [-0.25, -0.2) is 0 Å². The van der Waals surface area contributed by atoms with Gasteiger partial charge in [-0.2, -0.15) is 0 Å². The maximum atomic E-state index is 5.48. The zero-order valence-corrected chi connectivity index (χ0v) is 14.3. The number of nitrogens with one attached hydrogen (secondary N) is 1. The number of methoxy groups -OCH3 is 2. The molecule has 1 aromatic carbocycles. The Labute approximate surface area is 139 Å². The molecule has 0 saturated heterocycles. The Bertz CT molecular complexity index is 538. The summed E-state index contributed by atoms with van der Waals surface area (Å²) in [5.74, 6) is 1.65. The van der Waals surface area contributed by atoms with Crippen LogP contribution < -0.4 is 14.8 Å². The molecule has 0 radical (unpaired) electrons. The molecule has 1 fully saturated rings. The van der Waals surface area contributed by atoms with Crippen molar-refractivity contribution in [1.82, 2.24) is 5.32 Å². The number of rotatable bonds is 4. The normalized spacial score (nSPS) is 21.8. The van der Waals surface area contributed by atoms with Crippen molar-refractivity contribution in [3.63, 3.8) is 0 Å². The quantitative estimate of drug-likeness (QED) is 0.842. The van der Waals surface area contributed by atoms with E-state index in [0.717, 1.165) is 24.3 Å². The molecule has 4 heteroatoms. The fourth-order valence-corrected chi connectivity index (χ4v) is 4.00. The summed E-state index contributed by atoms with van der Waals surface area (Å²) in [6.45, 7) is 3.92. The van der Waals surface area contributed by atoms with E-state index in [9.17, 15) is 0 Å². The first kappa shape index (κ1) is 17.2. The molecule has 0 amide bonds. The third-order valence-corrected chi connectivity index (χ3v) is 4.99. The van der Waals surface area contributed by atoms with E-state index in [1.54, 1.807) is 14.2 Å². The fraction of sp³-hybridized carbons (Fsp3) is 0.556. The third kappa shape index (κ3) is 2.97. The molecule has 3 rings (SSSR count). The summed E-state index contributed by atoms with van der Waals surface area (Å²) in [6, 6.07) is 4.65. The molecule has 0 aromatic heterocycles. The van der Waals surface area contributed by atoms with Crippen molar-refractivity contribution >= 4 is 12.4 Å². The number of halogens is 1. The van der Waals surface area contributed by atoms with E-state index in [1.807, 2.05) is 6.08 Å². The molecule has 122 valence electrons. The molecule has 1 aliphatic carbocycles. The van der Waals surface area contributed by atoms with E-state index in [1.165, 1.54) is 36.8 Å². The van der Waals surface area contributed by atoms with Crippen LogP contribution in [0.3, 0.4) is 0 Å². The number of ether oxygens (including phenoxy) is 2. The lowest BCUT2D eigenvalue weighted by atomic mass is 9.79. The Morgan fingerprint density at radius 1 is 1.23 bits per heavy atom. The van der Waals surface area contributed by atoms with Crippen molar-refractivity contribution in [2.75, 3.05) is 14.2 Å². The van der Waals surface area contributed by atoms with E-state index in [4.69, 9.17) is 9.47 Å². The van der Waals surface area contributed by atoms with Crippen LogP contribution in [0.25, 0.3) is 0 Å². The van der Waals surface area contributed by atoms with E-state index in [0.29, 0.717) is 6.04 Å². The van der Waals surface area contributed by atoms with Gasteiger partial charge in [0, 0.05) is 11.6 Å².